The molecule has 4 rings (SSSR count). The number of ether oxygens (including phenoxy) is 1. The predicted molar refractivity (Wildman–Crippen MR) is 109 cm³/mol. The van der Waals surface area contributed by atoms with Crippen LogP contribution in [0, 0.1) is 0 Å². The fourth-order valence-electron chi connectivity index (χ4n) is 4.03. The Bertz CT molecular complexity index is 893. The Morgan fingerprint density at radius 3 is 2.75 bits per heavy atom. The van der Waals surface area contributed by atoms with Crippen LogP contribution in [0.25, 0.3) is 0 Å². The molecule has 0 fully saturated rings. The maximum absolute atomic E-state index is 12.7. The first-order valence-electron chi connectivity index (χ1n) is 10.0. The fraction of sp³-hybridized carbons (Fsp3) is 0.391. The van der Waals surface area contributed by atoms with Crippen molar-refractivity contribution in [2.45, 2.75) is 45.1 Å². The van der Waals surface area contributed by atoms with Crippen molar-refractivity contribution < 1.29 is 14.3 Å². The largest absolute Gasteiger partial charge is 0.491 e. The van der Waals surface area contributed by atoms with Crippen molar-refractivity contribution in [1.82, 2.24) is 5.32 Å². The standard InChI is InChI=1S/C23H26N2O3/c1-16(18-11-10-17-6-2-3-7-19(17)14-18)24-22(26)15-25-20-8-4-5-9-21(20)28-13-12-23(25)27/h4-5,8-11,14,16H,2-3,6-7,12-13,15H2,1H3,(H,24,26)/t16-/m0/s1. The Morgan fingerprint density at radius 1 is 1.11 bits per heavy atom. The van der Waals surface area contributed by atoms with Gasteiger partial charge in [-0.15, -0.1) is 0 Å². The van der Waals surface area contributed by atoms with Crippen molar-refractivity contribution in [3.8, 4) is 5.75 Å². The maximum Gasteiger partial charge on any atom is 0.240 e. The summed E-state index contributed by atoms with van der Waals surface area (Å²) in [7, 11) is 0. The van der Waals surface area contributed by atoms with E-state index in [9.17, 15) is 9.59 Å². The second-order valence-electron chi connectivity index (χ2n) is 7.57. The highest BCUT2D eigenvalue weighted by molar-refractivity contribution is 6.00. The number of aryl methyl sites for hydroxylation is 2. The van der Waals surface area contributed by atoms with E-state index in [0.29, 0.717) is 18.0 Å². The monoisotopic (exact) mass is 378 g/mol. The summed E-state index contributed by atoms with van der Waals surface area (Å²) < 4.78 is 5.64. The number of nitrogens with zero attached hydrogens (tertiary/aromatic N) is 1. The molecule has 5 nitrogen and oxygen atoms in total. The van der Waals surface area contributed by atoms with Gasteiger partial charge in [-0.25, -0.2) is 0 Å². The Kier molecular flexibility index (Phi) is 5.33. The molecule has 1 heterocycles. The number of benzene rings is 2. The third kappa shape index (κ3) is 3.88. The molecule has 146 valence electrons. The van der Waals surface area contributed by atoms with Crippen molar-refractivity contribution in [3.05, 3.63) is 59.2 Å². The first-order chi connectivity index (χ1) is 13.6. The zero-order chi connectivity index (χ0) is 19.5. The first kappa shape index (κ1) is 18.5. The van der Waals surface area contributed by atoms with Gasteiger partial charge in [-0.2, -0.15) is 0 Å². The second-order valence-corrected chi connectivity index (χ2v) is 7.57. The van der Waals surface area contributed by atoms with Gasteiger partial charge < -0.3 is 10.1 Å². The third-order valence-corrected chi connectivity index (χ3v) is 5.58. The van der Waals surface area contributed by atoms with Crippen molar-refractivity contribution >= 4 is 17.5 Å². The number of para-hydroxylation sites is 2. The summed E-state index contributed by atoms with van der Waals surface area (Å²) in [6.45, 7) is 2.32. The van der Waals surface area contributed by atoms with Crippen molar-refractivity contribution in [2.24, 2.45) is 0 Å². The van der Waals surface area contributed by atoms with Gasteiger partial charge in [0.05, 0.1) is 24.8 Å². The van der Waals surface area contributed by atoms with Gasteiger partial charge in [0.1, 0.15) is 12.3 Å². The van der Waals surface area contributed by atoms with E-state index in [-0.39, 0.29) is 30.8 Å². The summed E-state index contributed by atoms with van der Waals surface area (Å²) in [5, 5.41) is 3.05. The summed E-state index contributed by atoms with van der Waals surface area (Å²) >= 11 is 0. The highest BCUT2D eigenvalue weighted by atomic mass is 16.5. The number of hydrogen-bond donors (Lipinski definition) is 1. The van der Waals surface area contributed by atoms with Gasteiger partial charge in [-0.1, -0.05) is 30.3 Å². The summed E-state index contributed by atoms with van der Waals surface area (Å²) in [6, 6.07) is 13.8. The highest BCUT2D eigenvalue weighted by Crippen LogP contribution is 2.31. The number of carbonyl (C=O) groups excluding carboxylic acids is 2. The van der Waals surface area contributed by atoms with E-state index in [1.165, 1.54) is 28.9 Å². The first-order valence-corrected chi connectivity index (χ1v) is 10.0. The van der Waals surface area contributed by atoms with Crippen LogP contribution >= 0.6 is 0 Å². The molecule has 0 radical (unpaired) electrons. The van der Waals surface area contributed by atoms with Gasteiger partial charge in [0, 0.05) is 0 Å². The maximum atomic E-state index is 12.7. The molecule has 2 aliphatic rings. The minimum absolute atomic E-state index is 0.00547. The number of rotatable bonds is 4. The van der Waals surface area contributed by atoms with Crippen LogP contribution in [0.15, 0.2) is 42.5 Å². The molecule has 1 atom stereocenters. The molecule has 0 bridgehead atoms. The van der Waals surface area contributed by atoms with Crippen LogP contribution in [-0.4, -0.2) is 25.0 Å². The molecule has 2 aromatic carbocycles. The number of carbonyl (C=O) groups is 2. The van der Waals surface area contributed by atoms with E-state index in [2.05, 4.69) is 23.5 Å². The van der Waals surface area contributed by atoms with Gasteiger partial charge in [0.2, 0.25) is 11.8 Å². The molecular formula is C23H26N2O3. The van der Waals surface area contributed by atoms with Gasteiger partial charge in [0.15, 0.2) is 0 Å². The lowest BCUT2D eigenvalue weighted by Crippen LogP contribution is -2.41. The molecular weight excluding hydrogens is 352 g/mol. The van der Waals surface area contributed by atoms with Gasteiger partial charge in [-0.05, 0) is 61.4 Å². The Labute approximate surface area is 165 Å². The minimum Gasteiger partial charge on any atom is -0.491 e. The molecule has 0 spiro atoms. The van der Waals surface area contributed by atoms with Crippen LogP contribution in [0.4, 0.5) is 5.69 Å². The normalized spacial score (nSPS) is 17.0. The number of amides is 2. The lowest BCUT2D eigenvalue weighted by atomic mass is 9.89. The van der Waals surface area contributed by atoms with Crippen LogP contribution in [0.1, 0.15) is 48.9 Å². The number of hydrogen-bond acceptors (Lipinski definition) is 3. The molecule has 2 amide bonds. The predicted octanol–water partition coefficient (Wildman–Crippen LogP) is 3.56. The smallest absolute Gasteiger partial charge is 0.240 e. The molecule has 5 heteroatoms. The summed E-state index contributed by atoms with van der Waals surface area (Å²) in [6.07, 6.45) is 5.02. The quantitative estimate of drug-likeness (QED) is 0.885. The zero-order valence-electron chi connectivity index (χ0n) is 16.2. The average molecular weight is 378 g/mol. The molecule has 0 saturated heterocycles. The summed E-state index contributed by atoms with van der Waals surface area (Å²) in [4.78, 5) is 26.7. The van der Waals surface area contributed by atoms with Crippen LogP contribution in [0.3, 0.4) is 0 Å². The average Bonchev–Trinajstić information content (AvgIpc) is 2.86. The Balaban J connectivity index is 1.46. The van der Waals surface area contributed by atoms with Gasteiger partial charge in [0.25, 0.3) is 0 Å². The molecule has 1 aliphatic carbocycles. The van der Waals surface area contributed by atoms with Crippen molar-refractivity contribution in [3.63, 3.8) is 0 Å². The lowest BCUT2D eigenvalue weighted by Gasteiger charge is -2.23. The molecule has 0 aromatic heterocycles. The second kappa shape index (κ2) is 8.05. The molecule has 0 unspecified atom stereocenters. The zero-order valence-corrected chi connectivity index (χ0v) is 16.2. The number of fused-ring (bicyclic) bond motifs is 2. The molecule has 0 saturated carbocycles. The van der Waals surface area contributed by atoms with Gasteiger partial charge >= 0.3 is 0 Å². The van der Waals surface area contributed by atoms with E-state index in [1.807, 2.05) is 31.2 Å². The van der Waals surface area contributed by atoms with E-state index >= 15 is 0 Å². The molecule has 1 N–H and O–H groups in total. The van der Waals surface area contributed by atoms with Gasteiger partial charge in [-0.3, -0.25) is 14.5 Å². The van der Waals surface area contributed by atoms with E-state index in [0.717, 1.165) is 18.4 Å². The topological polar surface area (TPSA) is 58.6 Å². The van der Waals surface area contributed by atoms with E-state index < -0.39 is 0 Å². The molecule has 2 aromatic rings. The van der Waals surface area contributed by atoms with Crippen LogP contribution in [-0.2, 0) is 22.4 Å². The number of anilines is 1. The van der Waals surface area contributed by atoms with Crippen LogP contribution in [0.2, 0.25) is 0 Å². The SMILES string of the molecule is C[C@H](NC(=O)CN1C(=O)CCOc2ccccc21)c1ccc2c(c1)CCCC2. The van der Waals surface area contributed by atoms with E-state index in [4.69, 9.17) is 4.74 Å². The van der Waals surface area contributed by atoms with Crippen molar-refractivity contribution in [2.75, 3.05) is 18.1 Å². The Hall–Kier alpha value is -2.82. The lowest BCUT2D eigenvalue weighted by molar-refractivity contribution is -0.124. The van der Waals surface area contributed by atoms with Crippen LogP contribution in [0.5, 0.6) is 5.75 Å². The number of nitrogens with one attached hydrogen (secondary N) is 1. The van der Waals surface area contributed by atoms with Crippen molar-refractivity contribution in [1.29, 1.82) is 0 Å². The molecule has 1 aliphatic heterocycles. The third-order valence-electron chi connectivity index (χ3n) is 5.58. The highest BCUT2D eigenvalue weighted by Gasteiger charge is 2.25. The fourth-order valence-corrected chi connectivity index (χ4v) is 4.03. The summed E-state index contributed by atoms with van der Waals surface area (Å²) in [5.74, 6) is 0.376. The molecule has 28 heavy (non-hydrogen) atoms. The van der Waals surface area contributed by atoms with Crippen LogP contribution < -0.4 is 15.0 Å². The summed E-state index contributed by atoms with van der Waals surface area (Å²) in [5.41, 5.74) is 4.60. The van der Waals surface area contributed by atoms with E-state index in [1.54, 1.807) is 0 Å². The Morgan fingerprint density at radius 2 is 1.89 bits per heavy atom. The minimum atomic E-state index is -0.171.